The quantitative estimate of drug-likeness (QED) is 0.621. The number of hydrogen-bond donors (Lipinski definition) is 1. The van der Waals surface area contributed by atoms with Gasteiger partial charge in [0.05, 0.1) is 17.0 Å². The van der Waals surface area contributed by atoms with Gasteiger partial charge < -0.3 is 10.2 Å². The predicted molar refractivity (Wildman–Crippen MR) is 81.1 cm³/mol. The van der Waals surface area contributed by atoms with E-state index < -0.39 is 10.8 Å². The van der Waals surface area contributed by atoms with E-state index >= 15 is 0 Å². The molecule has 114 valence electrons. The Hall–Kier alpha value is -1.96. The summed E-state index contributed by atoms with van der Waals surface area (Å²) in [7, 11) is 1.47. The van der Waals surface area contributed by atoms with Crippen molar-refractivity contribution in [2.75, 3.05) is 20.1 Å². The molecule has 1 aromatic carbocycles. The van der Waals surface area contributed by atoms with Crippen molar-refractivity contribution < 1.29 is 14.5 Å². The van der Waals surface area contributed by atoms with Crippen LogP contribution in [0.4, 0.5) is 5.69 Å². The number of rotatable bonds is 6. The first-order valence-corrected chi connectivity index (χ1v) is 7.12. The van der Waals surface area contributed by atoms with E-state index in [2.05, 4.69) is 21.2 Å². The molecule has 0 aliphatic carbocycles. The number of carbonyl (C=O) groups excluding carboxylic acids is 2. The number of benzene rings is 1. The number of nitro groups is 1. The van der Waals surface area contributed by atoms with Crippen molar-refractivity contribution in [3.8, 4) is 0 Å². The topological polar surface area (TPSA) is 92.6 Å². The van der Waals surface area contributed by atoms with Gasteiger partial charge in [0.15, 0.2) is 0 Å². The summed E-state index contributed by atoms with van der Waals surface area (Å²) < 4.78 is 0.443. The molecule has 7 nitrogen and oxygen atoms in total. The second-order valence-corrected chi connectivity index (χ2v) is 5.29. The Kier molecular flexibility index (Phi) is 6.29. The fourth-order valence-corrected chi connectivity index (χ4v) is 2.02. The van der Waals surface area contributed by atoms with Crippen molar-refractivity contribution in [3.63, 3.8) is 0 Å². The Labute approximate surface area is 130 Å². The minimum Gasteiger partial charge on any atom is -0.355 e. The van der Waals surface area contributed by atoms with Crippen LogP contribution < -0.4 is 5.32 Å². The van der Waals surface area contributed by atoms with Gasteiger partial charge in [0.2, 0.25) is 5.91 Å². The molecule has 0 aliphatic rings. The van der Waals surface area contributed by atoms with Crippen LogP contribution in [0.1, 0.15) is 23.7 Å². The van der Waals surface area contributed by atoms with Gasteiger partial charge in [0, 0.05) is 30.2 Å². The number of nitrogens with zero attached hydrogens (tertiary/aromatic N) is 2. The summed E-state index contributed by atoms with van der Waals surface area (Å²) in [6.45, 7) is 2.37. The Morgan fingerprint density at radius 2 is 2.10 bits per heavy atom. The van der Waals surface area contributed by atoms with E-state index in [0.29, 0.717) is 11.0 Å². The standard InChI is InChI=1S/C13H16BrN3O4/c1-3-6-15-12(18)8-16(2)13(19)10-7-9(17(20)21)4-5-11(10)14/h4-5,7H,3,6,8H2,1-2H3,(H,15,18). The molecule has 0 fully saturated rings. The first-order chi connectivity index (χ1) is 9.86. The maximum atomic E-state index is 12.2. The van der Waals surface area contributed by atoms with Crippen LogP contribution in [0.15, 0.2) is 22.7 Å². The fourth-order valence-electron chi connectivity index (χ4n) is 1.60. The van der Waals surface area contributed by atoms with Gasteiger partial charge in [-0.1, -0.05) is 6.92 Å². The maximum absolute atomic E-state index is 12.2. The summed E-state index contributed by atoms with van der Waals surface area (Å²) in [5.41, 5.74) is -0.0274. The molecule has 0 atom stereocenters. The van der Waals surface area contributed by atoms with Crippen molar-refractivity contribution in [1.29, 1.82) is 0 Å². The van der Waals surface area contributed by atoms with Gasteiger partial charge in [0.1, 0.15) is 0 Å². The van der Waals surface area contributed by atoms with Gasteiger partial charge in [-0.25, -0.2) is 0 Å². The van der Waals surface area contributed by atoms with Crippen molar-refractivity contribution in [2.45, 2.75) is 13.3 Å². The Morgan fingerprint density at radius 3 is 2.67 bits per heavy atom. The van der Waals surface area contributed by atoms with Crippen LogP contribution in [0.2, 0.25) is 0 Å². The molecule has 8 heteroatoms. The molecule has 0 unspecified atom stereocenters. The Balaban J connectivity index is 2.85. The average molecular weight is 358 g/mol. The van der Waals surface area contributed by atoms with Gasteiger partial charge in [-0.2, -0.15) is 0 Å². The van der Waals surface area contributed by atoms with Crippen LogP contribution >= 0.6 is 15.9 Å². The van der Waals surface area contributed by atoms with Crippen molar-refractivity contribution in [3.05, 3.63) is 38.3 Å². The molecule has 0 aliphatic heterocycles. The molecular formula is C13H16BrN3O4. The molecule has 21 heavy (non-hydrogen) atoms. The third-order valence-corrected chi connectivity index (χ3v) is 3.38. The van der Waals surface area contributed by atoms with E-state index in [9.17, 15) is 19.7 Å². The smallest absolute Gasteiger partial charge is 0.270 e. The monoisotopic (exact) mass is 357 g/mol. The predicted octanol–water partition coefficient (Wildman–Crippen LogP) is 1.96. The van der Waals surface area contributed by atoms with Crippen LogP contribution in [0.3, 0.4) is 0 Å². The second-order valence-electron chi connectivity index (χ2n) is 4.43. The normalized spacial score (nSPS) is 10.0. The molecule has 0 heterocycles. The van der Waals surface area contributed by atoms with Gasteiger partial charge in [0.25, 0.3) is 11.6 Å². The lowest BCUT2D eigenvalue weighted by molar-refractivity contribution is -0.384. The lowest BCUT2D eigenvalue weighted by Crippen LogP contribution is -2.38. The van der Waals surface area contributed by atoms with Gasteiger partial charge in [-0.15, -0.1) is 0 Å². The van der Waals surface area contributed by atoms with E-state index in [1.165, 1.54) is 30.1 Å². The maximum Gasteiger partial charge on any atom is 0.270 e. The number of non-ortho nitro benzene ring substituents is 1. The van der Waals surface area contributed by atoms with Crippen LogP contribution in [-0.4, -0.2) is 41.8 Å². The highest BCUT2D eigenvalue weighted by Gasteiger charge is 2.20. The Morgan fingerprint density at radius 1 is 1.43 bits per heavy atom. The highest BCUT2D eigenvalue weighted by molar-refractivity contribution is 9.10. The molecule has 0 spiro atoms. The number of nitro benzene ring substituents is 1. The lowest BCUT2D eigenvalue weighted by atomic mass is 10.2. The third kappa shape index (κ3) is 4.82. The zero-order valence-electron chi connectivity index (χ0n) is 11.8. The lowest BCUT2D eigenvalue weighted by Gasteiger charge is -2.17. The highest BCUT2D eigenvalue weighted by atomic mass is 79.9. The number of nitrogens with one attached hydrogen (secondary N) is 1. The summed E-state index contributed by atoms with van der Waals surface area (Å²) >= 11 is 3.19. The zero-order chi connectivity index (χ0) is 16.0. The average Bonchev–Trinajstić information content (AvgIpc) is 2.44. The van der Waals surface area contributed by atoms with E-state index in [4.69, 9.17) is 0 Å². The minimum absolute atomic E-state index is 0.103. The third-order valence-electron chi connectivity index (χ3n) is 2.69. The Bertz CT molecular complexity index is 562. The number of hydrogen-bond acceptors (Lipinski definition) is 4. The molecule has 1 aromatic rings. The van der Waals surface area contributed by atoms with E-state index in [1.807, 2.05) is 6.92 Å². The highest BCUT2D eigenvalue weighted by Crippen LogP contribution is 2.23. The number of likely N-dealkylation sites (N-methyl/N-ethyl adjacent to an activating group) is 1. The minimum atomic E-state index is -0.572. The number of carbonyl (C=O) groups is 2. The van der Waals surface area contributed by atoms with E-state index in [1.54, 1.807) is 0 Å². The molecule has 2 amide bonds. The van der Waals surface area contributed by atoms with Crippen LogP contribution in [0.5, 0.6) is 0 Å². The van der Waals surface area contributed by atoms with E-state index in [0.717, 1.165) is 6.42 Å². The summed E-state index contributed by atoms with van der Waals surface area (Å²) in [6, 6.07) is 3.93. The molecule has 0 saturated carbocycles. The summed E-state index contributed by atoms with van der Waals surface area (Å²) in [4.78, 5) is 35.2. The van der Waals surface area contributed by atoms with Crippen LogP contribution in [0.25, 0.3) is 0 Å². The van der Waals surface area contributed by atoms with E-state index in [-0.39, 0.29) is 23.7 Å². The van der Waals surface area contributed by atoms with Crippen LogP contribution in [0, 0.1) is 10.1 Å². The molecule has 0 bridgehead atoms. The largest absolute Gasteiger partial charge is 0.355 e. The van der Waals surface area contributed by atoms with Gasteiger partial charge in [-0.3, -0.25) is 19.7 Å². The van der Waals surface area contributed by atoms with Crippen molar-refractivity contribution >= 4 is 33.4 Å². The zero-order valence-corrected chi connectivity index (χ0v) is 13.3. The molecular weight excluding hydrogens is 342 g/mol. The van der Waals surface area contributed by atoms with Crippen LogP contribution in [-0.2, 0) is 4.79 Å². The summed E-state index contributed by atoms with van der Waals surface area (Å²) in [5, 5.41) is 13.4. The molecule has 1 N–H and O–H groups in total. The van der Waals surface area contributed by atoms with Crippen molar-refractivity contribution in [1.82, 2.24) is 10.2 Å². The fraction of sp³-hybridized carbons (Fsp3) is 0.385. The summed E-state index contributed by atoms with van der Waals surface area (Å²) in [5.74, 6) is -0.730. The molecule has 0 saturated heterocycles. The SMILES string of the molecule is CCCNC(=O)CN(C)C(=O)c1cc([N+](=O)[O-])ccc1Br. The summed E-state index contributed by atoms with van der Waals surface area (Å²) in [6.07, 6.45) is 0.805. The number of halogens is 1. The second kappa shape index (κ2) is 7.72. The van der Waals surface area contributed by atoms with Gasteiger partial charge >= 0.3 is 0 Å². The molecule has 0 radical (unpaired) electrons. The first-order valence-electron chi connectivity index (χ1n) is 6.33. The van der Waals surface area contributed by atoms with Crippen molar-refractivity contribution in [2.24, 2.45) is 0 Å². The molecule has 0 aromatic heterocycles. The number of amides is 2. The molecule has 1 rings (SSSR count). The van der Waals surface area contributed by atoms with Gasteiger partial charge in [-0.05, 0) is 28.4 Å². The first kappa shape index (κ1) is 17.1.